The molecule has 1 unspecified atom stereocenters. The molecule has 3 heterocycles. The topological polar surface area (TPSA) is 13.1 Å². The van der Waals surface area contributed by atoms with Crippen LogP contribution in [0, 0.1) is 0 Å². The molecule has 302 valence electrons. The zero-order chi connectivity index (χ0) is 42.4. The van der Waals surface area contributed by atoms with E-state index in [0.29, 0.717) is 0 Å². The van der Waals surface area contributed by atoms with Gasteiger partial charge in [-0.05, 0) is 131 Å². The Labute approximate surface area is 372 Å². The SMILES string of the molecule is CC12CC(c3ccc4c(c3)c3ccccc3n4-c3cccc(-c4ccccc4)c3)=CC=C1N(c1cccc(-c3ccccc3)c1)c1cc3c(cc12)c1ccccc1n3-c1ccccc1. The van der Waals surface area contributed by atoms with Crippen molar-refractivity contribution < 1.29 is 0 Å². The fourth-order valence-corrected chi connectivity index (χ4v) is 10.9. The number of allylic oxidation sites excluding steroid dienone is 4. The minimum absolute atomic E-state index is 0.298. The van der Waals surface area contributed by atoms with Crippen molar-refractivity contribution in [1.29, 1.82) is 0 Å². The molecule has 1 aliphatic heterocycles. The lowest BCUT2D eigenvalue weighted by Crippen LogP contribution is -2.28. The van der Waals surface area contributed by atoms with E-state index in [1.54, 1.807) is 0 Å². The van der Waals surface area contributed by atoms with Crippen LogP contribution in [0.2, 0.25) is 0 Å². The Bertz CT molecular complexity index is 3700. The Morgan fingerprint density at radius 1 is 0.359 bits per heavy atom. The smallest absolute Gasteiger partial charge is 0.0562 e. The first-order valence-electron chi connectivity index (χ1n) is 22.3. The number of para-hydroxylation sites is 3. The van der Waals surface area contributed by atoms with Crippen molar-refractivity contribution in [2.24, 2.45) is 0 Å². The summed E-state index contributed by atoms with van der Waals surface area (Å²) < 4.78 is 4.87. The lowest BCUT2D eigenvalue weighted by Gasteiger charge is -2.34. The molecule has 1 atom stereocenters. The van der Waals surface area contributed by atoms with Gasteiger partial charge in [0.25, 0.3) is 0 Å². The Morgan fingerprint density at radius 3 is 1.55 bits per heavy atom. The van der Waals surface area contributed by atoms with Crippen molar-refractivity contribution in [2.75, 3.05) is 4.90 Å². The van der Waals surface area contributed by atoms with Gasteiger partial charge in [-0.3, -0.25) is 0 Å². The van der Waals surface area contributed by atoms with Gasteiger partial charge in [0.1, 0.15) is 0 Å². The Kier molecular flexibility index (Phi) is 8.10. The number of aromatic nitrogens is 2. The normalized spacial score (nSPS) is 15.7. The molecule has 0 saturated heterocycles. The number of hydrogen-bond donors (Lipinski definition) is 0. The zero-order valence-corrected chi connectivity index (χ0v) is 35.5. The van der Waals surface area contributed by atoms with E-state index in [0.717, 1.165) is 17.8 Å². The van der Waals surface area contributed by atoms with E-state index in [1.165, 1.54) is 99.6 Å². The summed E-state index contributed by atoms with van der Waals surface area (Å²) in [5, 5.41) is 5.07. The Balaban J connectivity index is 0.988. The average molecular weight is 818 g/mol. The molecule has 3 heteroatoms. The highest BCUT2D eigenvalue weighted by molar-refractivity contribution is 6.12. The first-order valence-corrected chi connectivity index (χ1v) is 22.3. The lowest BCUT2D eigenvalue weighted by atomic mass is 9.72. The van der Waals surface area contributed by atoms with E-state index in [4.69, 9.17) is 0 Å². The van der Waals surface area contributed by atoms with Gasteiger partial charge in [0.15, 0.2) is 0 Å². The molecule has 2 aromatic heterocycles. The second-order valence-corrected chi connectivity index (χ2v) is 17.6. The van der Waals surface area contributed by atoms with Crippen LogP contribution in [-0.4, -0.2) is 9.13 Å². The minimum Gasteiger partial charge on any atom is -0.313 e. The van der Waals surface area contributed by atoms with Gasteiger partial charge >= 0.3 is 0 Å². The van der Waals surface area contributed by atoms with E-state index < -0.39 is 0 Å². The quantitative estimate of drug-likeness (QED) is 0.163. The summed E-state index contributed by atoms with van der Waals surface area (Å²) >= 11 is 0. The summed E-state index contributed by atoms with van der Waals surface area (Å²) in [7, 11) is 0. The van der Waals surface area contributed by atoms with Crippen LogP contribution < -0.4 is 4.90 Å². The first kappa shape index (κ1) is 36.5. The highest BCUT2D eigenvalue weighted by Crippen LogP contribution is 2.58. The lowest BCUT2D eigenvalue weighted by molar-refractivity contribution is 0.586. The Hall–Kier alpha value is -8.14. The predicted octanol–water partition coefficient (Wildman–Crippen LogP) is 16.0. The third-order valence-electron chi connectivity index (χ3n) is 13.9. The summed E-state index contributed by atoms with van der Waals surface area (Å²) in [5.41, 5.74) is 19.4. The van der Waals surface area contributed by atoms with Crippen LogP contribution in [0.4, 0.5) is 11.4 Å². The molecular weight excluding hydrogens is 775 g/mol. The molecule has 0 bridgehead atoms. The fraction of sp³-hybridized carbons (Fsp3) is 0.0492. The van der Waals surface area contributed by atoms with Crippen LogP contribution in [0.3, 0.4) is 0 Å². The molecule has 0 fully saturated rings. The molecular formula is C61H43N3. The van der Waals surface area contributed by atoms with Gasteiger partial charge in [-0.1, -0.05) is 152 Å². The van der Waals surface area contributed by atoms with Crippen LogP contribution in [0.1, 0.15) is 24.5 Å². The molecule has 3 nitrogen and oxygen atoms in total. The monoisotopic (exact) mass is 817 g/mol. The first-order chi connectivity index (χ1) is 31.6. The molecule has 9 aromatic carbocycles. The van der Waals surface area contributed by atoms with Crippen molar-refractivity contribution in [3.63, 3.8) is 0 Å². The van der Waals surface area contributed by atoms with Crippen molar-refractivity contribution in [1.82, 2.24) is 9.13 Å². The number of benzene rings is 9. The molecule has 64 heavy (non-hydrogen) atoms. The summed E-state index contributed by atoms with van der Waals surface area (Å²) in [6, 6.07) is 80.1. The third-order valence-corrected chi connectivity index (χ3v) is 13.9. The number of rotatable bonds is 6. The molecule has 0 spiro atoms. The van der Waals surface area contributed by atoms with Crippen LogP contribution in [0.25, 0.3) is 82.8 Å². The highest BCUT2D eigenvalue weighted by Gasteiger charge is 2.46. The standard InChI is InChI=1S/C61H43N3/c1-61-40-46(45-31-33-57-52(37-45)50-27-11-14-30-56(50)63(57)48-25-15-21-43(35-48)41-17-5-2-6-18-41)32-34-60(61)64(49-26-16-22-44(36-49)42-19-7-3-8-20-42)59-39-58-53(38-54(59)61)51-28-12-13-29-55(51)62(58)47-23-9-4-10-24-47/h2-39H,40H2,1H3. The van der Waals surface area contributed by atoms with E-state index in [9.17, 15) is 0 Å². The molecule has 0 saturated carbocycles. The summed E-state index contributed by atoms with van der Waals surface area (Å²) in [4.78, 5) is 2.54. The van der Waals surface area contributed by atoms with Crippen molar-refractivity contribution >= 4 is 60.6 Å². The van der Waals surface area contributed by atoms with Gasteiger partial charge in [-0.15, -0.1) is 0 Å². The van der Waals surface area contributed by atoms with E-state index in [-0.39, 0.29) is 5.41 Å². The maximum Gasteiger partial charge on any atom is 0.0562 e. The molecule has 2 aliphatic rings. The van der Waals surface area contributed by atoms with Crippen LogP contribution in [-0.2, 0) is 5.41 Å². The molecule has 1 aliphatic carbocycles. The third kappa shape index (κ3) is 5.54. The number of anilines is 2. The molecule has 0 amide bonds. The molecule has 11 aromatic rings. The van der Waals surface area contributed by atoms with Gasteiger partial charge in [-0.25, -0.2) is 0 Å². The van der Waals surface area contributed by atoms with Crippen LogP contribution in [0.15, 0.2) is 236 Å². The van der Waals surface area contributed by atoms with Gasteiger partial charge < -0.3 is 14.0 Å². The van der Waals surface area contributed by atoms with Gasteiger partial charge in [0, 0.05) is 49.7 Å². The van der Waals surface area contributed by atoms with Crippen molar-refractivity contribution in [2.45, 2.75) is 18.8 Å². The molecule has 0 radical (unpaired) electrons. The van der Waals surface area contributed by atoms with E-state index >= 15 is 0 Å². The second kappa shape index (κ2) is 14.2. The van der Waals surface area contributed by atoms with Crippen LogP contribution >= 0.6 is 0 Å². The minimum atomic E-state index is -0.298. The number of nitrogens with zero attached hydrogens (tertiary/aromatic N) is 3. The maximum absolute atomic E-state index is 2.54. The zero-order valence-electron chi connectivity index (χ0n) is 35.5. The molecule has 0 N–H and O–H groups in total. The predicted molar refractivity (Wildman–Crippen MR) is 269 cm³/mol. The van der Waals surface area contributed by atoms with Gasteiger partial charge in [0.05, 0.1) is 27.8 Å². The summed E-state index contributed by atoms with van der Waals surface area (Å²) in [6.45, 7) is 2.47. The second-order valence-electron chi connectivity index (χ2n) is 17.6. The van der Waals surface area contributed by atoms with Crippen LogP contribution in [0.5, 0.6) is 0 Å². The van der Waals surface area contributed by atoms with Gasteiger partial charge in [-0.2, -0.15) is 0 Å². The van der Waals surface area contributed by atoms with Crippen molar-refractivity contribution in [3.8, 4) is 33.6 Å². The summed E-state index contributed by atoms with van der Waals surface area (Å²) in [6.07, 6.45) is 5.66. The van der Waals surface area contributed by atoms with E-state index in [2.05, 4.69) is 251 Å². The van der Waals surface area contributed by atoms with Gasteiger partial charge in [0.2, 0.25) is 0 Å². The number of fused-ring (bicyclic) bond motifs is 9. The molecule has 13 rings (SSSR count). The maximum atomic E-state index is 2.54. The van der Waals surface area contributed by atoms with Crippen molar-refractivity contribution in [3.05, 3.63) is 247 Å². The number of hydrogen-bond acceptors (Lipinski definition) is 1. The highest BCUT2D eigenvalue weighted by atomic mass is 15.2. The van der Waals surface area contributed by atoms with E-state index in [1.807, 2.05) is 0 Å². The largest absolute Gasteiger partial charge is 0.313 e. The average Bonchev–Trinajstić information content (AvgIpc) is 3.96. The summed E-state index contributed by atoms with van der Waals surface area (Å²) in [5.74, 6) is 0. The Morgan fingerprint density at radius 2 is 0.875 bits per heavy atom. The fourth-order valence-electron chi connectivity index (χ4n) is 10.9.